The molecule has 0 bridgehead atoms. The van der Waals surface area contributed by atoms with Gasteiger partial charge in [-0.15, -0.1) is 0 Å². The molecule has 0 spiro atoms. The van der Waals surface area contributed by atoms with Crippen LogP contribution in [-0.2, 0) is 4.79 Å². The fraction of sp³-hybridized carbons (Fsp3) is 0.385. The summed E-state index contributed by atoms with van der Waals surface area (Å²) in [5.41, 5.74) is 5.20. The number of nitro benzene ring substituents is 1. The number of carbonyl (C=O) groups is 2. The monoisotopic (exact) mass is 293 g/mol. The number of hydrogen-bond acceptors (Lipinski definition) is 5. The highest BCUT2D eigenvalue weighted by molar-refractivity contribution is 6.01. The van der Waals surface area contributed by atoms with Crippen LogP contribution in [0.5, 0.6) is 0 Å². The summed E-state index contributed by atoms with van der Waals surface area (Å²) in [4.78, 5) is 35.0. The van der Waals surface area contributed by atoms with Gasteiger partial charge in [-0.05, 0) is 18.9 Å². The Hall–Kier alpha value is -2.64. The lowest BCUT2D eigenvalue weighted by Gasteiger charge is -2.31. The Morgan fingerprint density at radius 3 is 2.76 bits per heavy atom. The van der Waals surface area contributed by atoms with Crippen molar-refractivity contribution in [2.75, 3.05) is 18.8 Å². The molecule has 8 nitrogen and oxygen atoms in total. The van der Waals surface area contributed by atoms with E-state index in [9.17, 15) is 19.7 Å². The fourth-order valence-corrected chi connectivity index (χ4v) is 2.43. The van der Waals surface area contributed by atoms with E-state index in [0.29, 0.717) is 19.4 Å². The van der Waals surface area contributed by atoms with Crippen LogP contribution in [0.15, 0.2) is 18.2 Å². The first-order valence-electron chi connectivity index (χ1n) is 6.46. The molecule has 1 fully saturated rings. The first kappa shape index (κ1) is 14.8. The van der Waals surface area contributed by atoms with E-state index in [4.69, 9.17) is 10.8 Å². The number of piperidine rings is 1. The Bertz CT molecular complexity index is 601. The van der Waals surface area contributed by atoms with Crippen molar-refractivity contribution in [2.45, 2.75) is 12.8 Å². The molecule has 1 atom stereocenters. The molecule has 8 heteroatoms. The largest absolute Gasteiger partial charge is 0.481 e. The van der Waals surface area contributed by atoms with Crippen LogP contribution >= 0.6 is 0 Å². The van der Waals surface area contributed by atoms with Gasteiger partial charge in [-0.1, -0.05) is 6.07 Å². The first-order chi connectivity index (χ1) is 9.91. The van der Waals surface area contributed by atoms with Gasteiger partial charge >= 0.3 is 5.97 Å². The van der Waals surface area contributed by atoms with Crippen molar-refractivity contribution < 1.29 is 19.6 Å². The minimum Gasteiger partial charge on any atom is -0.481 e. The third-order valence-corrected chi connectivity index (χ3v) is 3.57. The average Bonchev–Trinajstić information content (AvgIpc) is 2.46. The summed E-state index contributed by atoms with van der Waals surface area (Å²) in [6.07, 6.45) is 1.10. The summed E-state index contributed by atoms with van der Waals surface area (Å²) < 4.78 is 0. The summed E-state index contributed by atoms with van der Waals surface area (Å²) in [6.45, 7) is 0.515. The fourth-order valence-electron chi connectivity index (χ4n) is 2.43. The highest BCUT2D eigenvalue weighted by Crippen LogP contribution is 2.27. The van der Waals surface area contributed by atoms with Gasteiger partial charge in [0, 0.05) is 19.2 Å². The lowest BCUT2D eigenvalue weighted by Crippen LogP contribution is -2.42. The number of carbonyl (C=O) groups excluding carboxylic acids is 1. The molecule has 21 heavy (non-hydrogen) atoms. The number of aliphatic carboxylic acids is 1. The molecule has 1 aliphatic heterocycles. The van der Waals surface area contributed by atoms with Gasteiger partial charge < -0.3 is 15.7 Å². The SMILES string of the molecule is Nc1c(C(=O)N2CCC[C@H](C(=O)O)C2)cccc1[N+](=O)[O-]. The van der Waals surface area contributed by atoms with E-state index >= 15 is 0 Å². The van der Waals surface area contributed by atoms with Gasteiger partial charge in [0.1, 0.15) is 5.69 Å². The zero-order chi connectivity index (χ0) is 15.6. The molecule has 0 saturated carbocycles. The number of nitrogens with two attached hydrogens (primary N) is 1. The molecule has 1 heterocycles. The number of carboxylic acids is 1. The zero-order valence-electron chi connectivity index (χ0n) is 11.2. The maximum atomic E-state index is 12.4. The Balaban J connectivity index is 2.26. The molecule has 3 N–H and O–H groups in total. The summed E-state index contributed by atoms with van der Waals surface area (Å²) in [5.74, 6) is -2.02. The highest BCUT2D eigenvalue weighted by Gasteiger charge is 2.30. The summed E-state index contributed by atoms with van der Waals surface area (Å²) in [6, 6.07) is 4.03. The molecule has 0 aromatic heterocycles. The minimum atomic E-state index is -0.945. The molecule has 112 valence electrons. The predicted octanol–water partition coefficient (Wildman–Crippen LogP) is 1.11. The number of hydrogen-bond donors (Lipinski definition) is 2. The number of nitro groups is 1. The molecule has 1 aromatic rings. The van der Waals surface area contributed by atoms with E-state index < -0.39 is 22.7 Å². The number of nitrogens with zero attached hydrogens (tertiary/aromatic N) is 2. The quantitative estimate of drug-likeness (QED) is 0.488. The molecule has 0 aliphatic carbocycles. The number of anilines is 1. The van der Waals surface area contributed by atoms with Gasteiger partial charge in [0.15, 0.2) is 0 Å². The van der Waals surface area contributed by atoms with Crippen molar-refractivity contribution in [3.63, 3.8) is 0 Å². The molecule has 2 rings (SSSR count). The van der Waals surface area contributed by atoms with Crippen molar-refractivity contribution in [1.29, 1.82) is 0 Å². The van der Waals surface area contributed by atoms with Crippen LogP contribution in [0.4, 0.5) is 11.4 Å². The van der Waals surface area contributed by atoms with Gasteiger partial charge in [-0.3, -0.25) is 19.7 Å². The molecule has 1 aromatic carbocycles. The van der Waals surface area contributed by atoms with Crippen molar-refractivity contribution >= 4 is 23.3 Å². The zero-order valence-corrected chi connectivity index (χ0v) is 11.2. The second kappa shape index (κ2) is 5.78. The van der Waals surface area contributed by atoms with Gasteiger partial charge in [0.2, 0.25) is 0 Å². The molecular formula is C13H15N3O5. The number of amides is 1. The lowest BCUT2D eigenvalue weighted by molar-refractivity contribution is -0.383. The molecule has 1 aliphatic rings. The van der Waals surface area contributed by atoms with E-state index in [1.807, 2.05) is 0 Å². The van der Waals surface area contributed by atoms with Crippen molar-refractivity contribution in [3.8, 4) is 0 Å². The Morgan fingerprint density at radius 2 is 2.14 bits per heavy atom. The van der Waals surface area contributed by atoms with Crippen LogP contribution in [0.3, 0.4) is 0 Å². The van der Waals surface area contributed by atoms with Crippen LogP contribution in [0.1, 0.15) is 23.2 Å². The number of para-hydroxylation sites is 1. The summed E-state index contributed by atoms with van der Waals surface area (Å²) in [7, 11) is 0. The van der Waals surface area contributed by atoms with E-state index in [1.54, 1.807) is 0 Å². The molecule has 1 saturated heterocycles. The highest BCUT2D eigenvalue weighted by atomic mass is 16.6. The maximum Gasteiger partial charge on any atom is 0.308 e. The number of rotatable bonds is 3. The molecule has 0 unspecified atom stereocenters. The van der Waals surface area contributed by atoms with E-state index in [-0.39, 0.29) is 23.5 Å². The first-order valence-corrected chi connectivity index (χ1v) is 6.46. The molecule has 1 amide bonds. The normalized spacial score (nSPS) is 18.3. The number of benzene rings is 1. The number of nitrogen functional groups attached to an aromatic ring is 1. The Kier molecular flexibility index (Phi) is 4.06. The van der Waals surface area contributed by atoms with Crippen molar-refractivity contribution in [1.82, 2.24) is 4.90 Å². The van der Waals surface area contributed by atoms with E-state index in [1.165, 1.54) is 23.1 Å². The molecular weight excluding hydrogens is 278 g/mol. The third kappa shape index (κ3) is 2.93. The predicted molar refractivity (Wildman–Crippen MR) is 73.8 cm³/mol. The topological polar surface area (TPSA) is 127 Å². The second-order valence-electron chi connectivity index (χ2n) is 4.92. The van der Waals surface area contributed by atoms with E-state index in [0.717, 1.165) is 0 Å². The smallest absolute Gasteiger partial charge is 0.308 e. The second-order valence-corrected chi connectivity index (χ2v) is 4.92. The van der Waals surface area contributed by atoms with Crippen molar-refractivity contribution in [3.05, 3.63) is 33.9 Å². The van der Waals surface area contributed by atoms with Gasteiger partial charge in [0.25, 0.3) is 11.6 Å². The van der Waals surface area contributed by atoms with Crippen LogP contribution < -0.4 is 5.73 Å². The van der Waals surface area contributed by atoms with Gasteiger partial charge in [-0.2, -0.15) is 0 Å². The number of carboxylic acid groups (broad SMARTS) is 1. The summed E-state index contributed by atoms with van der Waals surface area (Å²) in [5, 5.41) is 19.9. The Labute approximate surface area is 120 Å². The van der Waals surface area contributed by atoms with Gasteiger partial charge in [-0.25, -0.2) is 0 Å². The Morgan fingerprint density at radius 1 is 1.43 bits per heavy atom. The van der Waals surface area contributed by atoms with Crippen LogP contribution in [0, 0.1) is 16.0 Å². The average molecular weight is 293 g/mol. The van der Waals surface area contributed by atoms with Crippen molar-refractivity contribution in [2.24, 2.45) is 5.92 Å². The van der Waals surface area contributed by atoms with Crippen LogP contribution in [0.2, 0.25) is 0 Å². The van der Waals surface area contributed by atoms with Gasteiger partial charge in [0.05, 0.1) is 16.4 Å². The third-order valence-electron chi connectivity index (χ3n) is 3.57. The van der Waals surface area contributed by atoms with E-state index in [2.05, 4.69) is 0 Å². The van der Waals surface area contributed by atoms with Crippen LogP contribution in [0.25, 0.3) is 0 Å². The maximum absolute atomic E-state index is 12.4. The van der Waals surface area contributed by atoms with Crippen LogP contribution in [-0.4, -0.2) is 39.9 Å². The number of likely N-dealkylation sites (tertiary alicyclic amines) is 1. The standard InChI is InChI=1S/C13H15N3O5/c14-11-9(4-1-5-10(11)16(20)21)12(17)15-6-2-3-8(7-15)13(18)19/h1,4-5,8H,2-3,6-7,14H2,(H,18,19)/t8-/m0/s1. The minimum absolute atomic E-state index is 0.0373. The lowest BCUT2D eigenvalue weighted by atomic mass is 9.97. The summed E-state index contributed by atoms with van der Waals surface area (Å²) >= 11 is 0. The molecule has 0 radical (unpaired) electrons.